The fraction of sp³-hybridized carbons (Fsp3) is 0.412. The number of alkyl halides is 1. The molecule has 0 saturated carbocycles. The topological polar surface area (TPSA) is 72.9 Å². The van der Waals surface area contributed by atoms with Crippen LogP contribution in [0, 0.1) is 5.82 Å². The van der Waals surface area contributed by atoms with E-state index in [9.17, 15) is 13.6 Å². The molecule has 1 aliphatic carbocycles. The number of benzene rings is 1. The summed E-state index contributed by atoms with van der Waals surface area (Å²) in [6.45, 7) is 0.614. The Hall–Kier alpha value is -2.44. The molecule has 24 heavy (non-hydrogen) atoms. The molecule has 1 aromatic carbocycles. The molecule has 0 amide bonds. The summed E-state index contributed by atoms with van der Waals surface area (Å²) in [5, 5.41) is 7.48. The summed E-state index contributed by atoms with van der Waals surface area (Å²) in [7, 11) is 0. The molecule has 0 unspecified atom stereocenters. The number of nitrogens with two attached hydrogens (primary N) is 1. The summed E-state index contributed by atoms with van der Waals surface area (Å²) in [5.41, 5.74) is 8.76. The number of aromatic nitrogens is 2. The Labute approximate surface area is 137 Å². The summed E-state index contributed by atoms with van der Waals surface area (Å²) in [4.78, 5) is 13.0. The van der Waals surface area contributed by atoms with Gasteiger partial charge in [-0.15, -0.1) is 0 Å². The number of fused-ring (bicyclic) bond motifs is 2. The standard InChI is InChI=1S/C17H18F2N4O/c18-9-1-3-14-12(7-9)11(5-6-21-14)17(24)23-16(20)13-8-10(19)2-4-15(13)22-23/h1,3,7,10-11,21H,2,4-6,8,20H2/t10-,11-/m0/s1. The maximum Gasteiger partial charge on any atom is 0.256 e. The number of carbonyl (C=O) groups is 1. The SMILES string of the molecule is Nc1c2c(nn1C(=O)[C@H]1CCNc3ccc(F)cc31)CC[C@H](F)C2. The lowest BCUT2D eigenvalue weighted by Gasteiger charge is -2.25. The van der Waals surface area contributed by atoms with Gasteiger partial charge in [0, 0.05) is 24.2 Å². The third-order valence-electron chi connectivity index (χ3n) is 4.87. The molecule has 1 aromatic heterocycles. The van der Waals surface area contributed by atoms with Gasteiger partial charge in [0.1, 0.15) is 17.8 Å². The van der Waals surface area contributed by atoms with Crippen molar-refractivity contribution in [3.63, 3.8) is 0 Å². The van der Waals surface area contributed by atoms with Gasteiger partial charge in [-0.1, -0.05) is 0 Å². The first-order valence-corrected chi connectivity index (χ1v) is 8.12. The highest BCUT2D eigenvalue weighted by atomic mass is 19.1. The number of nitrogen functional groups attached to an aromatic ring is 1. The quantitative estimate of drug-likeness (QED) is 0.842. The summed E-state index contributed by atoms with van der Waals surface area (Å²) in [5.74, 6) is -0.968. The Bertz CT molecular complexity index is 817. The van der Waals surface area contributed by atoms with Gasteiger partial charge < -0.3 is 11.1 Å². The second-order valence-corrected chi connectivity index (χ2v) is 6.40. The maximum absolute atomic E-state index is 13.6. The fourth-order valence-corrected chi connectivity index (χ4v) is 3.61. The Morgan fingerprint density at radius 2 is 2.21 bits per heavy atom. The molecular weight excluding hydrogens is 314 g/mol. The maximum atomic E-state index is 13.6. The lowest BCUT2D eigenvalue weighted by atomic mass is 9.90. The zero-order valence-electron chi connectivity index (χ0n) is 13.1. The van der Waals surface area contributed by atoms with E-state index in [-0.39, 0.29) is 24.0 Å². The molecule has 126 valence electrons. The van der Waals surface area contributed by atoms with Gasteiger partial charge in [-0.25, -0.2) is 8.78 Å². The van der Waals surface area contributed by atoms with Gasteiger partial charge in [0.15, 0.2) is 0 Å². The number of nitrogens with zero attached hydrogens (tertiary/aromatic N) is 2. The number of halogens is 2. The lowest BCUT2D eigenvalue weighted by Crippen LogP contribution is -2.28. The van der Waals surface area contributed by atoms with Crippen molar-refractivity contribution >= 4 is 17.4 Å². The average molecular weight is 332 g/mol. The molecule has 2 atom stereocenters. The van der Waals surface area contributed by atoms with Crippen LogP contribution in [0.2, 0.25) is 0 Å². The van der Waals surface area contributed by atoms with E-state index in [4.69, 9.17) is 5.73 Å². The van der Waals surface area contributed by atoms with Crippen molar-refractivity contribution in [2.24, 2.45) is 0 Å². The van der Waals surface area contributed by atoms with Crippen molar-refractivity contribution < 1.29 is 13.6 Å². The van der Waals surface area contributed by atoms with Gasteiger partial charge in [0.2, 0.25) is 0 Å². The van der Waals surface area contributed by atoms with Crippen LogP contribution in [0.15, 0.2) is 18.2 Å². The van der Waals surface area contributed by atoms with Crippen LogP contribution in [0.5, 0.6) is 0 Å². The molecule has 3 N–H and O–H groups in total. The predicted molar refractivity (Wildman–Crippen MR) is 86.4 cm³/mol. The van der Waals surface area contributed by atoms with Crippen molar-refractivity contribution in [3.05, 3.63) is 40.8 Å². The van der Waals surface area contributed by atoms with Crippen LogP contribution in [0.1, 0.15) is 40.4 Å². The van der Waals surface area contributed by atoms with Crippen molar-refractivity contribution in [1.29, 1.82) is 0 Å². The van der Waals surface area contributed by atoms with E-state index in [0.29, 0.717) is 42.6 Å². The Balaban J connectivity index is 1.72. The molecule has 4 rings (SSSR count). The second kappa shape index (κ2) is 5.58. The number of carbonyl (C=O) groups excluding carboxylic acids is 1. The summed E-state index contributed by atoms with van der Waals surface area (Å²) < 4.78 is 28.4. The number of aryl methyl sites for hydroxylation is 1. The first kappa shape index (κ1) is 15.1. The molecular formula is C17H18F2N4O. The van der Waals surface area contributed by atoms with Crippen LogP contribution < -0.4 is 11.1 Å². The molecule has 0 radical (unpaired) electrons. The molecule has 0 saturated heterocycles. The predicted octanol–water partition coefficient (Wildman–Crippen LogP) is 2.67. The van der Waals surface area contributed by atoms with Crippen LogP contribution in [0.25, 0.3) is 0 Å². The van der Waals surface area contributed by atoms with E-state index in [0.717, 1.165) is 5.69 Å². The zero-order chi connectivity index (χ0) is 16.8. The molecule has 0 spiro atoms. The van der Waals surface area contributed by atoms with Gasteiger partial charge in [0.05, 0.1) is 11.6 Å². The summed E-state index contributed by atoms with van der Waals surface area (Å²) in [6, 6.07) is 4.37. The molecule has 0 fully saturated rings. The van der Waals surface area contributed by atoms with Crippen molar-refractivity contribution in [2.75, 3.05) is 17.6 Å². The molecule has 2 heterocycles. The largest absolute Gasteiger partial charge is 0.385 e. The third kappa shape index (κ3) is 2.35. The van der Waals surface area contributed by atoms with Gasteiger partial charge in [-0.05, 0) is 43.0 Å². The van der Waals surface area contributed by atoms with Gasteiger partial charge in [-0.3, -0.25) is 4.79 Å². The van der Waals surface area contributed by atoms with Crippen molar-refractivity contribution in [3.8, 4) is 0 Å². The van der Waals surface area contributed by atoms with E-state index < -0.39 is 12.1 Å². The smallest absolute Gasteiger partial charge is 0.256 e. The minimum atomic E-state index is -0.943. The van der Waals surface area contributed by atoms with E-state index in [1.54, 1.807) is 6.07 Å². The minimum Gasteiger partial charge on any atom is -0.385 e. The minimum absolute atomic E-state index is 0.200. The zero-order valence-corrected chi connectivity index (χ0v) is 13.1. The number of rotatable bonds is 1. The number of anilines is 2. The van der Waals surface area contributed by atoms with Crippen LogP contribution in [-0.2, 0) is 12.8 Å². The third-order valence-corrected chi connectivity index (χ3v) is 4.87. The lowest BCUT2D eigenvalue weighted by molar-refractivity contribution is 0.0859. The highest BCUT2D eigenvalue weighted by molar-refractivity contribution is 5.90. The van der Waals surface area contributed by atoms with Crippen LogP contribution >= 0.6 is 0 Å². The monoisotopic (exact) mass is 332 g/mol. The Morgan fingerprint density at radius 1 is 1.38 bits per heavy atom. The normalized spacial score (nSPS) is 22.4. The second-order valence-electron chi connectivity index (χ2n) is 6.40. The van der Waals surface area contributed by atoms with Crippen LogP contribution in [0.3, 0.4) is 0 Å². The molecule has 0 bridgehead atoms. The molecule has 2 aromatic rings. The Morgan fingerprint density at radius 3 is 3.04 bits per heavy atom. The van der Waals surface area contributed by atoms with Crippen LogP contribution in [0.4, 0.5) is 20.3 Å². The summed E-state index contributed by atoms with van der Waals surface area (Å²) in [6.07, 6.45) is 0.676. The fourth-order valence-electron chi connectivity index (χ4n) is 3.61. The first-order chi connectivity index (χ1) is 11.5. The highest BCUT2D eigenvalue weighted by Crippen LogP contribution is 2.35. The van der Waals surface area contributed by atoms with Crippen molar-refractivity contribution in [2.45, 2.75) is 37.8 Å². The number of hydrogen-bond acceptors (Lipinski definition) is 4. The van der Waals surface area contributed by atoms with E-state index in [2.05, 4.69) is 10.4 Å². The van der Waals surface area contributed by atoms with Gasteiger partial charge in [0.25, 0.3) is 5.91 Å². The number of hydrogen-bond donors (Lipinski definition) is 2. The van der Waals surface area contributed by atoms with E-state index >= 15 is 0 Å². The van der Waals surface area contributed by atoms with E-state index in [1.165, 1.54) is 16.8 Å². The van der Waals surface area contributed by atoms with Crippen molar-refractivity contribution in [1.82, 2.24) is 9.78 Å². The summed E-state index contributed by atoms with van der Waals surface area (Å²) >= 11 is 0. The van der Waals surface area contributed by atoms with Crippen LogP contribution in [-0.4, -0.2) is 28.4 Å². The molecule has 7 heteroatoms. The van der Waals surface area contributed by atoms with E-state index in [1.807, 2.05) is 0 Å². The molecule has 5 nitrogen and oxygen atoms in total. The number of nitrogens with one attached hydrogen (secondary N) is 1. The van der Waals surface area contributed by atoms with Gasteiger partial charge in [-0.2, -0.15) is 9.78 Å². The average Bonchev–Trinajstić information content (AvgIpc) is 2.90. The highest BCUT2D eigenvalue weighted by Gasteiger charge is 2.32. The first-order valence-electron chi connectivity index (χ1n) is 8.12. The molecule has 2 aliphatic rings. The Kier molecular flexibility index (Phi) is 3.51. The van der Waals surface area contributed by atoms with Gasteiger partial charge >= 0.3 is 0 Å². The molecule has 1 aliphatic heterocycles.